The molecule has 0 aromatic rings. The maximum atomic E-state index is 12.4. The Morgan fingerprint density at radius 2 is 0.770 bits per heavy atom. The predicted octanol–water partition coefficient (Wildman–Crippen LogP) is 16.3. The number of carbonyl (C=O) groups excluding carboxylic acids is 2. The van der Waals surface area contributed by atoms with E-state index >= 15 is 0 Å². The van der Waals surface area contributed by atoms with E-state index < -0.39 is 12.1 Å². The van der Waals surface area contributed by atoms with Gasteiger partial charge in [-0.05, 0) is 57.8 Å². The Bertz CT molecular complexity index is 951. The second-order valence-corrected chi connectivity index (χ2v) is 18.6. The fourth-order valence-electron chi connectivity index (χ4n) is 8.27. The normalized spacial score (nSPS) is 12.8. The van der Waals surface area contributed by atoms with Crippen LogP contribution in [0.3, 0.4) is 0 Å². The number of rotatable bonds is 50. The van der Waals surface area contributed by atoms with Gasteiger partial charge >= 0.3 is 5.97 Å². The van der Waals surface area contributed by atoms with E-state index in [2.05, 4.69) is 31.3 Å². The molecule has 0 fully saturated rings. The highest BCUT2D eigenvalue weighted by atomic mass is 16.5. The molecule has 0 bridgehead atoms. The molecule has 0 saturated carbocycles. The Balaban J connectivity index is 3.54. The van der Waals surface area contributed by atoms with Crippen LogP contribution in [0.1, 0.15) is 290 Å². The summed E-state index contributed by atoms with van der Waals surface area (Å²) in [6.45, 7) is 4.83. The van der Waals surface area contributed by atoms with Crippen molar-refractivity contribution in [1.29, 1.82) is 0 Å². The average Bonchev–Trinajstić information content (AvgIpc) is 3.26. The number of unbranched alkanes of at least 4 members (excludes halogenated alkanes) is 37. The van der Waals surface area contributed by atoms with Gasteiger partial charge in [-0.25, -0.2) is 0 Å². The third kappa shape index (κ3) is 47.7. The number of amides is 1. The fourth-order valence-corrected chi connectivity index (χ4v) is 8.27. The van der Waals surface area contributed by atoms with Gasteiger partial charge in [0.2, 0.25) is 5.91 Å². The maximum Gasteiger partial charge on any atom is 0.305 e. The largest absolute Gasteiger partial charge is 0.466 e. The van der Waals surface area contributed by atoms with Gasteiger partial charge in [0.05, 0.1) is 25.4 Å². The van der Waals surface area contributed by atoms with Crippen LogP contribution >= 0.6 is 0 Å². The molecule has 6 heteroatoms. The number of aliphatic hydroxyl groups is 2. The molecule has 3 N–H and O–H groups in total. The zero-order valence-corrected chi connectivity index (χ0v) is 40.9. The van der Waals surface area contributed by atoms with E-state index in [0.717, 1.165) is 77.0 Å². The second kappa shape index (κ2) is 51.0. The zero-order valence-electron chi connectivity index (χ0n) is 40.9. The first-order valence-corrected chi connectivity index (χ1v) is 27.1. The summed E-state index contributed by atoms with van der Waals surface area (Å²) in [5.74, 6) is -0.136. The summed E-state index contributed by atoms with van der Waals surface area (Å²) < 4.78 is 5.44. The lowest BCUT2D eigenvalue weighted by atomic mass is 10.0. The second-order valence-electron chi connectivity index (χ2n) is 18.6. The topological polar surface area (TPSA) is 95.9 Å². The van der Waals surface area contributed by atoms with Crippen molar-refractivity contribution in [2.75, 3.05) is 13.2 Å². The first-order valence-electron chi connectivity index (χ1n) is 27.1. The van der Waals surface area contributed by atoms with Gasteiger partial charge in [-0.1, -0.05) is 244 Å². The lowest BCUT2D eigenvalue weighted by Crippen LogP contribution is -2.45. The van der Waals surface area contributed by atoms with Crippen LogP contribution in [0.15, 0.2) is 24.3 Å². The summed E-state index contributed by atoms with van der Waals surface area (Å²) >= 11 is 0. The highest BCUT2D eigenvalue weighted by molar-refractivity contribution is 5.76. The number of esters is 1. The van der Waals surface area contributed by atoms with Crippen LogP contribution in [0.25, 0.3) is 0 Å². The molecule has 0 saturated heterocycles. The van der Waals surface area contributed by atoms with E-state index in [-0.39, 0.29) is 18.5 Å². The summed E-state index contributed by atoms with van der Waals surface area (Å²) in [5.41, 5.74) is 0. The number of carbonyl (C=O) groups is 2. The molecule has 2 unspecified atom stereocenters. The monoisotopic (exact) mass is 860 g/mol. The molecule has 0 radical (unpaired) electrons. The van der Waals surface area contributed by atoms with Gasteiger partial charge in [0, 0.05) is 12.8 Å². The van der Waals surface area contributed by atoms with Crippen LogP contribution in [-0.2, 0) is 14.3 Å². The molecule has 360 valence electrons. The van der Waals surface area contributed by atoms with Crippen molar-refractivity contribution < 1.29 is 24.5 Å². The quantitative estimate of drug-likeness (QED) is 0.0322. The predicted molar refractivity (Wildman–Crippen MR) is 264 cm³/mol. The summed E-state index contributed by atoms with van der Waals surface area (Å²) in [6, 6.07) is -0.652. The molecule has 1 amide bonds. The van der Waals surface area contributed by atoms with Gasteiger partial charge < -0.3 is 20.3 Å². The van der Waals surface area contributed by atoms with Gasteiger partial charge in [-0.15, -0.1) is 0 Å². The van der Waals surface area contributed by atoms with E-state index in [9.17, 15) is 19.8 Å². The molecule has 2 atom stereocenters. The molecule has 0 aromatic heterocycles. The third-order valence-electron chi connectivity index (χ3n) is 12.5. The Labute approximate surface area is 380 Å². The molecule has 0 aliphatic rings. The third-order valence-corrected chi connectivity index (χ3v) is 12.5. The fraction of sp³-hybridized carbons (Fsp3) is 0.891. The molecule has 0 aliphatic heterocycles. The van der Waals surface area contributed by atoms with Crippen LogP contribution in [-0.4, -0.2) is 47.4 Å². The number of ether oxygens (including phenoxy) is 1. The summed E-state index contributed by atoms with van der Waals surface area (Å²) in [6.07, 6.45) is 60.5. The van der Waals surface area contributed by atoms with E-state index in [1.165, 1.54) is 186 Å². The molecule has 0 rings (SSSR count). The van der Waals surface area contributed by atoms with Crippen molar-refractivity contribution >= 4 is 11.9 Å². The van der Waals surface area contributed by atoms with Crippen molar-refractivity contribution in [3.8, 4) is 0 Å². The number of hydrogen-bond donors (Lipinski definition) is 3. The molecule has 61 heavy (non-hydrogen) atoms. The molecule has 0 aliphatic carbocycles. The van der Waals surface area contributed by atoms with Gasteiger partial charge in [-0.3, -0.25) is 9.59 Å². The Morgan fingerprint density at radius 3 is 1.16 bits per heavy atom. The van der Waals surface area contributed by atoms with E-state index in [1.54, 1.807) is 6.08 Å². The number of aliphatic hydroxyl groups excluding tert-OH is 2. The minimum Gasteiger partial charge on any atom is -0.466 e. The lowest BCUT2D eigenvalue weighted by molar-refractivity contribution is -0.143. The Morgan fingerprint density at radius 1 is 0.443 bits per heavy atom. The van der Waals surface area contributed by atoms with E-state index in [4.69, 9.17) is 4.74 Å². The van der Waals surface area contributed by atoms with Crippen molar-refractivity contribution in [1.82, 2.24) is 5.32 Å². The molecule has 6 nitrogen and oxygen atoms in total. The lowest BCUT2D eigenvalue weighted by Gasteiger charge is -2.20. The standard InChI is InChI=1S/C55H105NO5/c1-3-5-7-9-11-13-15-17-19-21-23-25-27-31-35-39-43-47-53(58)52(51-57)56-54(59)48-44-40-36-32-29-30-34-38-42-46-50-61-55(60)49-45-41-37-33-28-26-24-22-20-18-16-14-12-10-8-6-4-2/h30,34,43,47,52-53,57-58H,3-29,31-33,35-42,44-46,48-51H2,1-2H3,(H,56,59)/b34-30-,47-43+. The molecular formula is C55H105NO5. The van der Waals surface area contributed by atoms with Crippen LogP contribution in [0.5, 0.6) is 0 Å². The van der Waals surface area contributed by atoms with Crippen LogP contribution < -0.4 is 5.32 Å². The summed E-state index contributed by atoms with van der Waals surface area (Å²) in [4.78, 5) is 24.5. The number of allylic oxidation sites excluding steroid dienone is 3. The van der Waals surface area contributed by atoms with Gasteiger partial charge in [0.1, 0.15) is 0 Å². The van der Waals surface area contributed by atoms with Crippen LogP contribution in [0.2, 0.25) is 0 Å². The summed E-state index contributed by atoms with van der Waals surface area (Å²) in [5, 5.41) is 23.1. The van der Waals surface area contributed by atoms with Gasteiger partial charge in [-0.2, -0.15) is 0 Å². The zero-order chi connectivity index (χ0) is 44.4. The van der Waals surface area contributed by atoms with Crippen LogP contribution in [0.4, 0.5) is 0 Å². The average molecular weight is 860 g/mol. The highest BCUT2D eigenvalue weighted by Gasteiger charge is 2.18. The van der Waals surface area contributed by atoms with E-state index in [0.29, 0.717) is 19.4 Å². The molecule has 0 spiro atoms. The van der Waals surface area contributed by atoms with Crippen molar-refractivity contribution in [3.05, 3.63) is 24.3 Å². The summed E-state index contributed by atoms with van der Waals surface area (Å²) in [7, 11) is 0. The van der Waals surface area contributed by atoms with Crippen molar-refractivity contribution in [2.24, 2.45) is 0 Å². The smallest absolute Gasteiger partial charge is 0.305 e. The highest BCUT2D eigenvalue weighted by Crippen LogP contribution is 2.16. The Kier molecular flexibility index (Phi) is 49.6. The van der Waals surface area contributed by atoms with Crippen LogP contribution in [0, 0.1) is 0 Å². The minimum atomic E-state index is -0.865. The van der Waals surface area contributed by atoms with Gasteiger partial charge in [0.15, 0.2) is 0 Å². The molecule has 0 heterocycles. The van der Waals surface area contributed by atoms with Gasteiger partial charge in [0.25, 0.3) is 0 Å². The minimum absolute atomic E-state index is 0.0344. The first kappa shape index (κ1) is 59.3. The van der Waals surface area contributed by atoms with E-state index in [1.807, 2.05) is 6.08 Å². The molecular weight excluding hydrogens is 755 g/mol. The number of hydrogen-bond acceptors (Lipinski definition) is 5. The Hall–Kier alpha value is -1.66. The number of nitrogens with one attached hydrogen (secondary N) is 1. The van der Waals surface area contributed by atoms with Crippen molar-refractivity contribution in [2.45, 2.75) is 302 Å². The SMILES string of the molecule is CCCCCCCCCCCCCCCCC/C=C/C(O)C(CO)NC(=O)CCCCCC/C=C\CCCCOC(=O)CCCCCCCCCCCCCCCCCCC. The maximum absolute atomic E-state index is 12.4. The first-order chi connectivity index (χ1) is 30.0. The molecule has 0 aromatic carbocycles. The van der Waals surface area contributed by atoms with Crippen molar-refractivity contribution in [3.63, 3.8) is 0 Å².